The van der Waals surface area contributed by atoms with Gasteiger partial charge in [-0.3, -0.25) is 9.59 Å². The molecule has 0 aliphatic heterocycles. The number of sulfone groups is 1. The van der Waals surface area contributed by atoms with E-state index in [-0.39, 0.29) is 53.1 Å². The zero-order chi connectivity index (χ0) is 22.8. The number of carbonyl (C=O) groups excluding carboxylic acids is 2. The van der Waals surface area contributed by atoms with E-state index < -0.39 is 38.5 Å². The summed E-state index contributed by atoms with van der Waals surface area (Å²) in [7, 11) is -3.91. The molecule has 0 atom stereocenters. The summed E-state index contributed by atoms with van der Waals surface area (Å²) in [5.41, 5.74) is -0.0387. The second-order valence-electron chi connectivity index (χ2n) is 7.08. The van der Waals surface area contributed by atoms with Crippen LogP contribution in [0.2, 0.25) is 5.02 Å². The maximum Gasteiger partial charge on any atom is 0.255 e. The predicted octanol–water partition coefficient (Wildman–Crippen LogP) is 2.53. The van der Waals surface area contributed by atoms with Gasteiger partial charge in [0.05, 0.1) is 21.8 Å². The first kappa shape index (κ1) is 23.1. The Labute approximate surface area is 182 Å². The molecule has 1 saturated carbocycles. The van der Waals surface area contributed by atoms with Gasteiger partial charge in [-0.15, -0.1) is 0 Å². The molecular weight excluding hydrogens is 454 g/mol. The minimum atomic E-state index is -3.91. The first-order valence-electron chi connectivity index (χ1n) is 9.32. The van der Waals surface area contributed by atoms with Crippen LogP contribution in [0.5, 0.6) is 0 Å². The zero-order valence-corrected chi connectivity index (χ0v) is 17.6. The minimum absolute atomic E-state index is 0.000941. The predicted molar refractivity (Wildman–Crippen MR) is 110 cm³/mol. The Bertz CT molecular complexity index is 1120. The first-order chi connectivity index (χ1) is 14.6. The van der Waals surface area contributed by atoms with E-state index in [1.807, 2.05) is 0 Å². The molecule has 166 valence electrons. The van der Waals surface area contributed by atoms with Gasteiger partial charge >= 0.3 is 0 Å². The lowest BCUT2D eigenvalue weighted by atomic mass is 9.84. The van der Waals surface area contributed by atoms with Gasteiger partial charge in [0.2, 0.25) is 5.91 Å². The summed E-state index contributed by atoms with van der Waals surface area (Å²) in [6, 6.07) is 6.51. The average molecular weight is 473 g/mol. The van der Waals surface area contributed by atoms with Crippen molar-refractivity contribution in [2.75, 3.05) is 18.5 Å². The SMILES string of the molecule is O=C(Nc1ccc(F)c(F)c1)c1ccc(Cl)c(S(=O)(=O)C2CC(C(=O)NCCO)C2)c1. The highest BCUT2D eigenvalue weighted by molar-refractivity contribution is 7.92. The number of aliphatic hydroxyl groups is 1. The third kappa shape index (κ3) is 5.03. The fourth-order valence-electron chi connectivity index (χ4n) is 3.18. The van der Waals surface area contributed by atoms with Crippen LogP contribution in [-0.4, -0.2) is 43.7 Å². The molecule has 0 spiro atoms. The molecule has 0 aromatic heterocycles. The van der Waals surface area contributed by atoms with Crippen LogP contribution < -0.4 is 10.6 Å². The Hall–Kier alpha value is -2.56. The standard InChI is InChI=1S/C20H19ClF2N2O5S/c21-15-3-1-11(20(28)25-13-2-4-16(22)17(23)10-13)9-18(15)31(29,30)14-7-12(8-14)19(27)24-5-6-26/h1-4,9-10,12,14,26H,5-8H2,(H,24,27)(H,25,28). The smallest absolute Gasteiger partial charge is 0.255 e. The molecule has 3 rings (SSSR count). The third-order valence-electron chi connectivity index (χ3n) is 4.99. The monoisotopic (exact) mass is 472 g/mol. The molecule has 0 unspecified atom stereocenters. The van der Waals surface area contributed by atoms with Crippen LogP contribution in [0, 0.1) is 17.6 Å². The summed E-state index contributed by atoms with van der Waals surface area (Å²) in [6.45, 7) is -0.122. The molecule has 1 fully saturated rings. The molecular formula is C20H19ClF2N2O5S. The van der Waals surface area contributed by atoms with Crippen LogP contribution in [0.4, 0.5) is 14.5 Å². The van der Waals surface area contributed by atoms with Gasteiger partial charge in [-0.1, -0.05) is 11.6 Å². The molecule has 2 aromatic carbocycles. The molecule has 1 aliphatic carbocycles. The highest BCUT2D eigenvalue weighted by atomic mass is 35.5. The van der Waals surface area contributed by atoms with Gasteiger partial charge in [-0.25, -0.2) is 17.2 Å². The molecule has 3 N–H and O–H groups in total. The van der Waals surface area contributed by atoms with E-state index >= 15 is 0 Å². The average Bonchev–Trinajstić information content (AvgIpc) is 2.68. The summed E-state index contributed by atoms with van der Waals surface area (Å²) in [4.78, 5) is 24.1. The van der Waals surface area contributed by atoms with Gasteiger partial charge in [0, 0.05) is 29.8 Å². The van der Waals surface area contributed by atoms with Crippen molar-refractivity contribution in [3.8, 4) is 0 Å². The van der Waals surface area contributed by atoms with Crippen LogP contribution in [0.25, 0.3) is 0 Å². The number of aliphatic hydroxyl groups excluding tert-OH is 1. The molecule has 2 amide bonds. The van der Waals surface area contributed by atoms with Crippen molar-refractivity contribution in [3.63, 3.8) is 0 Å². The molecule has 11 heteroatoms. The van der Waals surface area contributed by atoms with Crippen LogP contribution in [0.3, 0.4) is 0 Å². The molecule has 0 heterocycles. The number of anilines is 1. The number of hydrogen-bond acceptors (Lipinski definition) is 5. The molecule has 0 saturated heterocycles. The van der Waals surface area contributed by atoms with Crippen molar-refractivity contribution in [3.05, 3.63) is 58.6 Å². The first-order valence-corrected chi connectivity index (χ1v) is 11.2. The fraction of sp³-hybridized carbons (Fsp3) is 0.300. The number of hydrogen-bond donors (Lipinski definition) is 3. The molecule has 2 aromatic rings. The largest absolute Gasteiger partial charge is 0.395 e. The highest BCUT2D eigenvalue weighted by Gasteiger charge is 2.43. The topological polar surface area (TPSA) is 113 Å². The molecule has 0 bridgehead atoms. The maximum absolute atomic E-state index is 13.3. The maximum atomic E-state index is 13.3. The number of nitrogens with one attached hydrogen (secondary N) is 2. The van der Waals surface area contributed by atoms with Crippen molar-refractivity contribution < 1.29 is 31.9 Å². The van der Waals surface area contributed by atoms with Crippen molar-refractivity contribution in [1.82, 2.24) is 5.32 Å². The number of benzene rings is 2. The van der Waals surface area contributed by atoms with E-state index in [2.05, 4.69) is 10.6 Å². The second kappa shape index (κ2) is 9.29. The number of halogens is 3. The number of rotatable bonds is 7. The Morgan fingerprint density at radius 3 is 2.45 bits per heavy atom. The molecule has 7 nitrogen and oxygen atoms in total. The summed E-state index contributed by atoms with van der Waals surface area (Å²) in [5.74, 6) is -3.74. The highest BCUT2D eigenvalue weighted by Crippen LogP contribution is 2.38. The summed E-state index contributed by atoms with van der Waals surface area (Å²) < 4.78 is 52.3. The summed E-state index contributed by atoms with van der Waals surface area (Å²) in [6.07, 6.45) is 0.197. The Kier molecular flexibility index (Phi) is 6.93. The van der Waals surface area contributed by atoms with Gasteiger partial charge < -0.3 is 15.7 Å². The van der Waals surface area contributed by atoms with E-state index in [0.29, 0.717) is 0 Å². The molecule has 0 radical (unpaired) electrons. The van der Waals surface area contributed by atoms with E-state index in [0.717, 1.165) is 18.2 Å². The van der Waals surface area contributed by atoms with Gasteiger partial charge in [-0.05, 0) is 43.2 Å². The summed E-state index contributed by atoms with van der Waals surface area (Å²) >= 11 is 6.07. The van der Waals surface area contributed by atoms with Crippen LogP contribution in [0.15, 0.2) is 41.3 Å². The zero-order valence-electron chi connectivity index (χ0n) is 16.1. The van der Waals surface area contributed by atoms with Crippen molar-refractivity contribution in [2.45, 2.75) is 23.0 Å². The van der Waals surface area contributed by atoms with E-state index in [9.17, 15) is 26.8 Å². The fourth-order valence-corrected chi connectivity index (χ4v) is 5.58. The minimum Gasteiger partial charge on any atom is -0.395 e. The van der Waals surface area contributed by atoms with Crippen LogP contribution in [-0.2, 0) is 14.6 Å². The molecule has 31 heavy (non-hydrogen) atoms. The number of carbonyl (C=O) groups is 2. The third-order valence-corrected chi connectivity index (χ3v) is 7.65. The lowest BCUT2D eigenvalue weighted by Crippen LogP contribution is -2.45. The van der Waals surface area contributed by atoms with Crippen molar-refractivity contribution in [2.24, 2.45) is 5.92 Å². The normalized spacial score (nSPS) is 18.2. The lowest BCUT2D eigenvalue weighted by molar-refractivity contribution is -0.127. The Morgan fingerprint density at radius 1 is 1.10 bits per heavy atom. The Balaban J connectivity index is 1.75. The van der Waals surface area contributed by atoms with E-state index in [4.69, 9.17) is 16.7 Å². The molecule has 1 aliphatic rings. The van der Waals surface area contributed by atoms with Gasteiger partial charge in [0.15, 0.2) is 21.5 Å². The van der Waals surface area contributed by atoms with Gasteiger partial charge in [-0.2, -0.15) is 0 Å². The summed E-state index contributed by atoms with van der Waals surface area (Å²) in [5, 5.41) is 12.7. The van der Waals surface area contributed by atoms with Crippen LogP contribution >= 0.6 is 11.6 Å². The van der Waals surface area contributed by atoms with Crippen molar-refractivity contribution in [1.29, 1.82) is 0 Å². The van der Waals surface area contributed by atoms with Crippen LogP contribution in [0.1, 0.15) is 23.2 Å². The second-order valence-corrected chi connectivity index (χ2v) is 9.68. The van der Waals surface area contributed by atoms with Gasteiger partial charge in [0.1, 0.15) is 0 Å². The van der Waals surface area contributed by atoms with Crippen molar-refractivity contribution >= 4 is 38.9 Å². The quantitative estimate of drug-likeness (QED) is 0.573. The number of amides is 2. The van der Waals surface area contributed by atoms with E-state index in [1.54, 1.807) is 0 Å². The Morgan fingerprint density at radius 2 is 1.81 bits per heavy atom. The van der Waals surface area contributed by atoms with E-state index in [1.165, 1.54) is 18.2 Å². The lowest BCUT2D eigenvalue weighted by Gasteiger charge is -2.33. The van der Waals surface area contributed by atoms with Gasteiger partial charge in [0.25, 0.3) is 5.91 Å².